The van der Waals surface area contributed by atoms with Gasteiger partial charge >= 0.3 is 11.9 Å². The lowest BCUT2D eigenvalue weighted by molar-refractivity contribution is -0.150. The SMILES string of the molecule is CCCCCCCCCOC(=O)CCCCCCCN(CC)CCCCCCCC(=O)OC(CCCCC)CCCCCCCC. The van der Waals surface area contributed by atoms with Crippen molar-refractivity contribution in [3.05, 3.63) is 0 Å². The largest absolute Gasteiger partial charge is 0.466 e. The van der Waals surface area contributed by atoms with Crippen LogP contribution in [0.5, 0.6) is 0 Å². The van der Waals surface area contributed by atoms with E-state index in [9.17, 15) is 9.59 Å². The van der Waals surface area contributed by atoms with Gasteiger partial charge in [0, 0.05) is 12.8 Å². The number of hydrogen-bond donors (Lipinski definition) is 0. The first-order valence-corrected chi connectivity index (χ1v) is 20.6. The van der Waals surface area contributed by atoms with Crippen LogP contribution in [0.2, 0.25) is 0 Å². The summed E-state index contributed by atoms with van der Waals surface area (Å²) in [5.74, 6) is 0.0247. The quantitative estimate of drug-likeness (QED) is 0.0494. The lowest BCUT2D eigenvalue weighted by atomic mass is 10.0. The molecule has 0 aliphatic rings. The molecule has 1 atom stereocenters. The van der Waals surface area contributed by atoms with Crippen molar-refractivity contribution in [2.75, 3.05) is 26.2 Å². The molecule has 0 aliphatic carbocycles. The van der Waals surface area contributed by atoms with Crippen molar-refractivity contribution in [1.29, 1.82) is 0 Å². The molecule has 5 heteroatoms. The molecule has 1 unspecified atom stereocenters. The first kappa shape index (κ1) is 44.9. The van der Waals surface area contributed by atoms with Crippen molar-refractivity contribution in [1.82, 2.24) is 4.90 Å². The third-order valence-electron chi connectivity index (χ3n) is 9.48. The van der Waals surface area contributed by atoms with Crippen molar-refractivity contribution in [2.45, 2.75) is 226 Å². The summed E-state index contributed by atoms with van der Waals surface area (Å²) in [5, 5.41) is 0. The summed E-state index contributed by atoms with van der Waals surface area (Å²) in [4.78, 5) is 27.1. The fourth-order valence-corrected chi connectivity index (χ4v) is 6.30. The zero-order chi connectivity index (χ0) is 33.8. The number of esters is 2. The molecule has 0 saturated carbocycles. The first-order chi connectivity index (χ1) is 22.6. The predicted molar refractivity (Wildman–Crippen MR) is 198 cm³/mol. The van der Waals surface area contributed by atoms with Crippen LogP contribution in [0.15, 0.2) is 0 Å². The lowest BCUT2D eigenvalue weighted by Gasteiger charge is -2.20. The van der Waals surface area contributed by atoms with Gasteiger partial charge in [-0.15, -0.1) is 0 Å². The minimum absolute atomic E-state index is 0.00618. The van der Waals surface area contributed by atoms with Gasteiger partial charge in [0.2, 0.25) is 0 Å². The number of unbranched alkanes of at least 4 members (excludes halogenated alkanes) is 21. The number of carbonyl (C=O) groups excluding carboxylic acids is 2. The molecule has 0 saturated heterocycles. The van der Waals surface area contributed by atoms with Crippen LogP contribution in [0.1, 0.15) is 220 Å². The zero-order valence-electron chi connectivity index (χ0n) is 31.7. The van der Waals surface area contributed by atoms with Gasteiger partial charge in [0.05, 0.1) is 6.61 Å². The van der Waals surface area contributed by atoms with Crippen LogP contribution in [0, 0.1) is 0 Å². The average Bonchev–Trinajstić information content (AvgIpc) is 3.05. The minimum atomic E-state index is -0.00618. The summed E-state index contributed by atoms with van der Waals surface area (Å²) in [6, 6.07) is 0. The Hall–Kier alpha value is -1.10. The van der Waals surface area contributed by atoms with Gasteiger partial charge in [0.15, 0.2) is 0 Å². The van der Waals surface area contributed by atoms with Crippen LogP contribution in [0.4, 0.5) is 0 Å². The van der Waals surface area contributed by atoms with Gasteiger partial charge in [0.25, 0.3) is 0 Å². The highest BCUT2D eigenvalue weighted by atomic mass is 16.5. The van der Waals surface area contributed by atoms with Crippen LogP contribution in [-0.2, 0) is 19.1 Å². The average molecular weight is 652 g/mol. The van der Waals surface area contributed by atoms with Gasteiger partial charge in [-0.25, -0.2) is 0 Å². The fraction of sp³-hybridized carbons (Fsp3) is 0.951. The van der Waals surface area contributed by atoms with Crippen molar-refractivity contribution >= 4 is 11.9 Å². The number of hydrogen-bond acceptors (Lipinski definition) is 5. The highest BCUT2D eigenvalue weighted by Crippen LogP contribution is 2.17. The van der Waals surface area contributed by atoms with E-state index in [1.54, 1.807) is 0 Å². The molecule has 0 spiro atoms. The van der Waals surface area contributed by atoms with Gasteiger partial charge in [0.1, 0.15) is 6.10 Å². The number of carbonyl (C=O) groups is 2. The molecular formula is C41H81NO4. The summed E-state index contributed by atoms with van der Waals surface area (Å²) < 4.78 is 11.4. The molecule has 0 aromatic carbocycles. The van der Waals surface area contributed by atoms with Gasteiger partial charge in [-0.1, -0.05) is 150 Å². The maximum Gasteiger partial charge on any atom is 0.306 e. The van der Waals surface area contributed by atoms with Crippen LogP contribution < -0.4 is 0 Å². The molecule has 0 heterocycles. The third kappa shape index (κ3) is 32.8. The van der Waals surface area contributed by atoms with E-state index < -0.39 is 0 Å². The Kier molecular flexibility index (Phi) is 35.9. The van der Waals surface area contributed by atoms with E-state index in [1.165, 1.54) is 148 Å². The molecule has 5 nitrogen and oxygen atoms in total. The molecule has 0 aromatic rings. The van der Waals surface area contributed by atoms with Crippen LogP contribution in [0.3, 0.4) is 0 Å². The third-order valence-corrected chi connectivity index (χ3v) is 9.48. The molecule has 0 fully saturated rings. The maximum absolute atomic E-state index is 12.5. The summed E-state index contributed by atoms with van der Waals surface area (Å²) in [6.07, 6.45) is 35.1. The highest BCUT2D eigenvalue weighted by Gasteiger charge is 2.14. The van der Waals surface area contributed by atoms with Gasteiger partial charge < -0.3 is 14.4 Å². The van der Waals surface area contributed by atoms with Gasteiger partial charge in [-0.05, 0) is 77.4 Å². The molecular weight excluding hydrogens is 570 g/mol. The van der Waals surface area contributed by atoms with Crippen molar-refractivity contribution in [2.24, 2.45) is 0 Å². The summed E-state index contributed by atoms with van der Waals surface area (Å²) in [6.45, 7) is 13.1. The van der Waals surface area contributed by atoms with E-state index in [-0.39, 0.29) is 18.0 Å². The zero-order valence-corrected chi connectivity index (χ0v) is 31.7. The summed E-state index contributed by atoms with van der Waals surface area (Å²) in [5.41, 5.74) is 0. The molecule has 0 N–H and O–H groups in total. The van der Waals surface area contributed by atoms with E-state index in [0.29, 0.717) is 19.4 Å². The highest BCUT2D eigenvalue weighted by molar-refractivity contribution is 5.69. The molecule has 0 rings (SSSR count). The molecule has 0 aliphatic heterocycles. The number of nitrogens with zero attached hydrogens (tertiary/aromatic N) is 1. The molecule has 0 aromatic heterocycles. The Balaban J connectivity index is 3.74. The van der Waals surface area contributed by atoms with E-state index in [1.807, 2.05) is 0 Å². The summed E-state index contributed by atoms with van der Waals surface area (Å²) in [7, 11) is 0. The Bertz CT molecular complexity index is 640. The predicted octanol–water partition coefficient (Wildman–Crippen LogP) is 12.5. The van der Waals surface area contributed by atoms with Crippen molar-refractivity contribution in [3.8, 4) is 0 Å². The van der Waals surface area contributed by atoms with Crippen molar-refractivity contribution in [3.63, 3.8) is 0 Å². The first-order valence-electron chi connectivity index (χ1n) is 20.6. The molecule has 0 bridgehead atoms. The topological polar surface area (TPSA) is 55.8 Å². The Morgan fingerprint density at radius 3 is 1.37 bits per heavy atom. The molecule has 46 heavy (non-hydrogen) atoms. The molecule has 0 amide bonds. The second-order valence-corrected chi connectivity index (χ2v) is 14.0. The van der Waals surface area contributed by atoms with E-state index in [2.05, 4.69) is 32.6 Å². The maximum atomic E-state index is 12.5. The normalized spacial score (nSPS) is 12.1. The lowest BCUT2D eigenvalue weighted by Crippen LogP contribution is -2.25. The smallest absolute Gasteiger partial charge is 0.306 e. The van der Waals surface area contributed by atoms with Crippen LogP contribution >= 0.6 is 0 Å². The number of ether oxygens (including phenoxy) is 2. The van der Waals surface area contributed by atoms with Crippen molar-refractivity contribution < 1.29 is 19.1 Å². The van der Waals surface area contributed by atoms with Crippen LogP contribution in [-0.4, -0.2) is 49.2 Å². The standard InChI is InChI=1S/C41H81NO4/c1-5-9-12-14-16-24-31-38-45-40(43)34-27-20-17-22-29-36-42(8-4)37-30-23-18-21-28-35-41(44)46-39(32-25-11-7-3)33-26-19-15-13-10-6-2/h39H,5-38H2,1-4H3. The monoisotopic (exact) mass is 652 g/mol. The van der Waals surface area contributed by atoms with Gasteiger partial charge in [-0.3, -0.25) is 9.59 Å². The Morgan fingerprint density at radius 2 is 0.848 bits per heavy atom. The minimum Gasteiger partial charge on any atom is -0.466 e. The molecule has 0 radical (unpaired) electrons. The van der Waals surface area contributed by atoms with E-state index >= 15 is 0 Å². The van der Waals surface area contributed by atoms with E-state index in [0.717, 1.165) is 51.5 Å². The number of rotatable bonds is 37. The second kappa shape index (κ2) is 36.7. The van der Waals surface area contributed by atoms with E-state index in [4.69, 9.17) is 9.47 Å². The molecule has 274 valence electrons. The van der Waals surface area contributed by atoms with Crippen LogP contribution in [0.25, 0.3) is 0 Å². The second-order valence-electron chi connectivity index (χ2n) is 14.0. The fourth-order valence-electron chi connectivity index (χ4n) is 6.30. The Morgan fingerprint density at radius 1 is 0.457 bits per heavy atom. The van der Waals surface area contributed by atoms with Gasteiger partial charge in [-0.2, -0.15) is 0 Å². The summed E-state index contributed by atoms with van der Waals surface area (Å²) >= 11 is 0. The Labute approximate surface area is 288 Å².